The fraction of sp³-hybridized carbons (Fsp3) is 0.786. The monoisotopic (exact) mass is 279 g/mol. The van der Waals surface area contributed by atoms with Gasteiger partial charge in [-0.3, -0.25) is 0 Å². The van der Waals surface area contributed by atoms with Crippen molar-refractivity contribution in [1.82, 2.24) is 15.0 Å². The Kier molecular flexibility index (Phi) is 3.75. The minimum absolute atomic E-state index is 0.349. The molecule has 1 aliphatic carbocycles. The van der Waals surface area contributed by atoms with Crippen molar-refractivity contribution < 1.29 is 4.74 Å². The van der Waals surface area contributed by atoms with E-state index in [0.29, 0.717) is 41.3 Å². The van der Waals surface area contributed by atoms with Crippen molar-refractivity contribution in [3.63, 3.8) is 0 Å². The van der Waals surface area contributed by atoms with Crippen molar-refractivity contribution in [1.29, 1.82) is 0 Å². The minimum Gasteiger partial charge on any atom is -0.464 e. The van der Waals surface area contributed by atoms with E-state index in [1.807, 2.05) is 6.92 Å². The lowest BCUT2D eigenvalue weighted by molar-refractivity contribution is 0.312. The van der Waals surface area contributed by atoms with E-state index in [4.69, 9.17) is 4.74 Å². The number of nitrogens with one attached hydrogen (secondary N) is 2. The molecule has 1 saturated carbocycles. The second kappa shape index (κ2) is 5.07. The van der Waals surface area contributed by atoms with Gasteiger partial charge in [-0.1, -0.05) is 27.7 Å². The first kappa shape index (κ1) is 14.8. The summed E-state index contributed by atoms with van der Waals surface area (Å²) in [6.45, 7) is 12.5. The highest BCUT2D eigenvalue weighted by molar-refractivity contribution is 5.36. The van der Waals surface area contributed by atoms with Crippen LogP contribution in [0.4, 0.5) is 11.9 Å². The largest absolute Gasteiger partial charge is 0.464 e. The molecule has 1 aliphatic rings. The van der Waals surface area contributed by atoms with Crippen LogP contribution < -0.4 is 15.4 Å². The second-order valence-corrected chi connectivity index (χ2v) is 6.33. The van der Waals surface area contributed by atoms with E-state index in [9.17, 15) is 0 Å². The summed E-state index contributed by atoms with van der Waals surface area (Å²) >= 11 is 0. The van der Waals surface area contributed by atoms with Crippen LogP contribution in [0.5, 0.6) is 6.01 Å². The Balaban J connectivity index is 2.05. The summed E-state index contributed by atoms with van der Waals surface area (Å²) in [7, 11) is 1.78. The predicted molar refractivity (Wildman–Crippen MR) is 80.1 cm³/mol. The van der Waals surface area contributed by atoms with Gasteiger partial charge >= 0.3 is 6.01 Å². The van der Waals surface area contributed by atoms with Gasteiger partial charge in [0.05, 0.1) is 6.61 Å². The molecule has 6 nitrogen and oxygen atoms in total. The van der Waals surface area contributed by atoms with E-state index >= 15 is 0 Å². The molecule has 1 heterocycles. The van der Waals surface area contributed by atoms with Gasteiger partial charge in [-0.05, 0) is 23.7 Å². The second-order valence-electron chi connectivity index (χ2n) is 6.33. The number of rotatable bonds is 6. The first-order chi connectivity index (χ1) is 9.32. The molecule has 0 aliphatic heterocycles. The van der Waals surface area contributed by atoms with Crippen LogP contribution in [-0.4, -0.2) is 35.2 Å². The first-order valence-corrected chi connectivity index (χ1v) is 7.13. The zero-order valence-corrected chi connectivity index (χ0v) is 13.2. The highest BCUT2D eigenvalue weighted by Gasteiger charge is 2.64. The molecule has 6 heteroatoms. The van der Waals surface area contributed by atoms with Crippen LogP contribution in [0.1, 0.15) is 34.6 Å². The van der Waals surface area contributed by atoms with E-state index in [1.165, 1.54) is 0 Å². The van der Waals surface area contributed by atoms with Crippen LogP contribution in [0, 0.1) is 16.7 Å². The maximum absolute atomic E-state index is 5.35. The van der Waals surface area contributed by atoms with Gasteiger partial charge in [0.25, 0.3) is 0 Å². The predicted octanol–water partition coefficient (Wildman–Crippen LogP) is 2.41. The van der Waals surface area contributed by atoms with Gasteiger partial charge < -0.3 is 15.4 Å². The quantitative estimate of drug-likeness (QED) is 0.833. The lowest BCUT2D eigenvalue weighted by Gasteiger charge is -2.09. The number of hydrogen-bond acceptors (Lipinski definition) is 6. The average molecular weight is 279 g/mol. The molecule has 2 rings (SSSR count). The molecule has 0 amide bonds. The van der Waals surface area contributed by atoms with Crippen molar-refractivity contribution in [3.8, 4) is 6.01 Å². The summed E-state index contributed by atoms with van der Waals surface area (Å²) < 4.78 is 5.35. The van der Waals surface area contributed by atoms with Gasteiger partial charge in [-0.25, -0.2) is 0 Å². The third-order valence-electron chi connectivity index (χ3n) is 4.90. The third-order valence-corrected chi connectivity index (χ3v) is 4.90. The summed E-state index contributed by atoms with van der Waals surface area (Å²) in [5.41, 5.74) is 0.698. The molecule has 0 unspecified atom stereocenters. The van der Waals surface area contributed by atoms with Crippen molar-refractivity contribution in [3.05, 3.63) is 0 Å². The van der Waals surface area contributed by atoms with E-state index in [-0.39, 0.29) is 0 Å². The maximum atomic E-state index is 5.35. The summed E-state index contributed by atoms with van der Waals surface area (Å²) in [6, 6.07) is 0.351. The summed E-state index contributed by atoms with van der Waals surface area (Å²) in [4.78, 5) is 12.7. The zero-order chi connectivity index (χ0) is 15.0. The van der Waals surface area contributed by atoms with Crippen molar-refractivity contribution in [2.75, 3.05) is 30.8 Å². The maximum Gasteiger partial charge on any atom is 0.323 e. The van der Waals surface area contributed by atoms with Gasteiger partial charge in [0.1, 0.15) is 0 Å². The molecular formula is C14H25N5O. The van der Waals surface area contributed by atoms with Gasteiger partial charge in [0, 0.05) is 13.6 Å². The highest BCUT2D eigenvalue weighted by atomic mass is 16.5. The summed E-state index contributed by atoms with van der Waals surface area (Å²) in [6.07, 6.45) is 0. The summed E-state index contributed by atoms with van der Waals surface area (Å²) in [5, 5.41) is 6.23. The lowest BCUT2D eigenvalue weighted by Crippen LogP contribution is -2.13. The topological polar surface area (TPSA) is 72.0 Å². The van der Waals surface area contributed by atoms with E-state index in [1.54, 1.807) is 7.05 Å². The number of aromatic nitrogens is 3. The van der Waals surface area contributed by atoms with Crippen molar-refractivity contribution >= 4 is 11.9 Å². The molecule has 112 valence electrons. The summed E-state index contributed by atoms with van der Waals surface area (Å²) in [5.74, 6) is 1.69. The molecule has 0 saturated heterocycles. The molecule has 0 bridgehead atoms. The van der Waals surface area contributed by atoms with Crippen LogP contribution in [0.3, 0.4) is 0 Å². The fourth-order valence-corrected chi connectivity index (χ4v) is 2.78. The number of anilines is 2. The molecule has 2 N–H and O–H groups in total. The standard InChI is InChI=1S/C14H25N5O/c1-7-20-12-18-10(15-6)17-11(19-12)16-8-9-13(2,3)14(9,4)5/h9H,7-8H2,1-6H3,(H2,15,16,17,18,19). The minimum atomic E-state index is 0.349. The molecular weight excluding hydrogens is 254 g/mol. The molecule has 1 aromatic rings. The Hall–Kier alpha value is -1.59. The number of nitrogens with zero attached hydrogens (tertiary/aromatic N) is 3. The highest BCUT2D eigenvalue weighted by Crippen LogP contribution is 2.68. The van der Waals surface area contributed by atoms with Gasteiger partial charge in [-0.15, -0.1) is 0 Å². The normalized spacial score (nSPS) is 19.5. The van der Waals surface area contributed by atoms with Gasteiger partial charge in [0.15, 0.2) is 0 Å². The Labute approximate surface area is 120 Å². The molecule has 0 aromatic carbocycles. The molecule has 1 aromatic heterocycles. The average Bonchev–Trinajstić information content (AvgIpc) is 2.77. The molecule has 20 heavy (non-hydrogen) atoms. The van der Waals surface area contributed by atoms with E-state index in [2.05, 4.69) is 53.3 Å². The first-order valence-electron chi connectivity index (χ1n) is 7.13. The Morgan fingerprint density at radius 3 is 2.15 bits per heavy atom. The van der Waals surface area contributed by atoms with Crippen LogP contribution in [0.25, 0.3) is 0 Å². The Bertz CT molecular complexity index is 472. The fourth-order valence-electron chi connectivity index (χ4n) is 2.78. The van der Waals surface area contributed by atoms with Crippen LogP contribution in [-0.2, 0) is 0 Å². The SMILES string of the molecule is CCOc1nc(NC)nc(NCC2C(C)(C)C2(C)C)n1. The zero-order valence-electron chi connectivity index (χ0n) is 13.2. The van der Waals surface area contributed by atoms with E-state index < -0.39 is 0 Å². The Morgan fingerprint density at radius 2 is 1.65 bits per heavy atom. The van der Waals surface area contributed by atoms with E-state index in [0.717, 1.165) is 6.54 Å². The Morgan fingerprint density at radius 1 is 1.05 bits per heavy atom. The lowest BCUT2D eigenvalue weighted by atomic mass is 10.0. The number of hydrogen-bond donors (Lipinski definition) is 2. The molecule has 0 atom stereocenters. The van der Waals surface area contributed by atoms with Crippen LogP contribution in [0.15, 0.2) is 0 Å². The van der Waals surface area contributed by atoms with Crippen molar-refractivity contribution in [2.45, 2.75) is 34.6 Å². The van der Waals surface area contributed by atoms with Crippen LogP contribution >= 0.6 is 0 Å². The smallest absolute Gasteiger partial charge is 0.323 e. The van der Waals surface area contributed by atoms with Crippen molar-refractivity contribution in [2.24, 2.45) is 16.7 Å². The molecule has 0 spiro atoms. The van der Waals surface area contributed by atoms with Gasteiger partial charge in [-0.2, -0.15) is 15.0 Å². The van der Waals surface area contributed by atoms with Gasteiger partial charge in [0.2, 0.25) is 11.9 Å². The molecule has 1 fully saturated rings. The molecule has 0 radical (unpaired) electrons. The number of ether oxygens (including phenoxy) is 1. The third kappa shape index (κ3) is 2.51. The van der Waals surface area contributed by atoms with Crippen LogP contribution in [0.2, 0.25) is 0 Å².